The van der Waals surface area contributed by atoms with Gasteiger partial charge in [-0.2, -0.15) is 0 Å². The van der Waals surface area contributed by atoms with E-state index >= 15 is 0 Å². The van der Waals surface area contributed by atoms with Crippen LogP contribution in [0, 0.1) is 0 Å². The Bertz CT molecular complexity index is 3040. The van der Waals surface area contributed by atoms with E-state index < -0.39 is 0 Å². The summed E-state index contributed by atoms with van der Waals surface area (Å²) in [6.07, 6.45) is 60.2. The van der Waals surface area contributed by atoms with Crippen LogP contribution in [-0.2, 0) is 25.7 Å². The van der Waals surface area contributed by atoms with Gasteiger partial charge in [0.25, 0.3) is 0 Å². The highest BCUT2D eigenvalue weighted by Crippen LogP contribution is 2.51. The van der Waals surface area contributed by atoms with E-state index in [2.05, 4.69) is 134 Å². The molecule has 8 heterocycles. The summed E-state index contributed by atoms with van der Waals surface area (Å²) in [6.45, 7) is 9.29. The average molecular weight is 1330 g/mol. The Morgan fingerprint density at radius 1 is 0.193 bits per heavy atom. The molecule has 0 N–H and O–H groups in total. The van der Waals surface area contributed by atoms with Crippen molar-refractivity contribution < 1.29 is 0 Å². The summed E-state index contributed by atoms with van der Waals surface area (Å²) in [5.41, 5.74) is 6.28. The summed E-state index contributed by atoms with van der Waals surface area (Å²) in [6, 6.07) is 29.6. The van der Waals surface area contributed by atoms with E-state index in [0.29, 0.717) is 0 Å². The molecular formula is C80H114S8. The maximum Gasteiger partial charge on any atom is 0.0481 e. The van der Waals surface area contributed by atoms with E-state index in [4.69, 9.17) is 0 Å². The summed E-state index contributed by atoms with van der Waals surface area (Å²) < 4.78 is 0. The molecule has 0 bridgehead atoms. The Balaban J connectivity index is 0.969. The van der Waals surface area contributed by atoms with Gasteiger partial charge in [-0.15, -0.1) is 90.7 Å². The number of hydrogen-bond donors (Lipinski definition) is 0. The Morgan fingerprint density at radius 2 is 0.420 bits per heavy atom. The third-order valence-corrected chi connectivity index (χ3v) is 28.3. The van der Waals surface area contributed by atoms with Crippen LogP contribution in [0.4, 0.5) is 0 Å². The zero-order valence-corrected chi connectivity index (χ0v) is 62.0. The van der Waals surface area contributed by atoms with Gasteiger partial charge in [0.1, 0.15) is 0 Å². The molecule has 0 unspecified atom stereocenters. The van der Waals surface area contributed by atoms with Crippen LogP contribution in [0.2, 0.25) is 0 Å². The van der Waals surface area contributed by atoms with Gasteiger partial charge in [0.15, 0.2) is 0 Å². The van der Waals surface area contributed by atoms with Crippen molar-refractivity contribution in [3.05, 3.63) is 106 Å². The van der Waals surface area contributed by atoms with Crippen LogP contribution in [0.25, 0.3) is 68.3 Å². The van der Waals surface area contributed by atoms with Crippen molar-refractivity contribution in [3.63, 3.8) is 0 Å². The molecule has 0 saturated carbocycles. The van der Waals surface area contributed by atoms with Crippen molar-refractivity contribution in [2.24, 2.45) is 0 Å². The number of unbranched alkanes of at least 4 members (excludes halogenated alkanes) is 36. The summed E-state index contributed by atoms with van der Waals surface area (Å²) in [5.74, 6) is 0. The predicted molar refractivity (Wildman–Crippen MR) is 410 cm³/mol. The van der Waals surface area contributed by atoms with E-state index in [9.17, 15) is 0 Å². The van der Waals surface area contributed by atoms with Crippen LogP contribution < -0.4 is 0 Å². The van der Waals surface area contributed by atoms with Crippen LogP contribution in [0.5, 0.6) is 0 Å². The third kappa shape index (κ3) is 24.2. The van der Waals surface area contributed by atoms with Gasteiger partial charge in [-0.05, 0) is 157 Å². The number of hydrogen-bond acceptors (Lipinski definition) is 8. The van der Waals surface area contributed by atoms with Crippen molar-refractivity contribution in [2.45, 2.75) is 310 Å². The lowest BCUT2D eigenvalue weighted by molar-refractivity contribution is 0.556. The van der Waals surface area contributed by atoms with Crippen molar-refractivity contribution >= 4 is 90.7 Å². The van der Waals surface area contributed by atoms with Crippen LogP contribution in [0.15, 0.2) is 83.6 Å². The van der Waals surface area contributed by atoms with E-state index in [1.54, 1.807) is 22.3 Å². The molecule has 0 aromatic carbocycles. The zero-order chi connectivity index (χ0) is 61.1. The first kappa shape index (κ1) is 71.4. The lowest BCUT2D eigenvalue weighted by Gasteiger charge is -2.04. The van der Waals surface area contributed by atoms with Gasteiger partial charge in [0.2, 0.25) is 0 Å². The minimum Gasteiger partial charge on any atom is -0.143 e. The highest BCUT2D eigenvalue weighted by atomic mass is 32.1. The standard InChI is InChI=1S/C80H114S8/c1-5-9-13-17-21-25-29-33-37-41-45-63-57-59-81-77(63)72-54-51-68(84-72)67-49-50-71(83-67)75-61-65(47-43-39-35-31-27-23-19-15-11-7-3)80(87-75)76-62-66(48-44-40-36-32-28-24-20-16-12-8-4)79(88-76)74-56-53-70(86-74)69-52-55-73(85-69)78-64(58-60-82-78)46-42-38-34-30-26-22-18-14-10-6-2/h49-62H,5-48H2,1-4H3. The van der Waals surface area contributed by atoms with Crippen LogP contribution >= 0.6 is 90.7 Å². The molecule has 0 atom stereocenters. The van der Waals surface area contributed by atoms with Gasteiger partial charge >= 0.3 is 0 Å². The normalized spacial score (nSPS) is 11.8. The summed E-state index contributed by atoms with van der Waals surface area (Å²) >= 11 is 16.2. The monoisotopic (exact) mass is 1330 g/mol. The molecule has 0 aliphatic rings. The average Bonchev–Trinajstić information content (AvgIpc) is 2.17. The number of rotatable bonds is 51. The first-order valence-corrected chi connectivity index (χ1v) is 43.0. The van der Waals surface area contributed by atoms with E-state index in [0.717, 1.165) is 0 Å². The molecule has 0 aliphatic carbocycles. The highest BCUT2D eigenvalue weighted by molar-refractivity contribution is 7.31. The van der Waals surface area contributed by atoms with Crippen LogP contribution in [0.1, 0.15) is 307 Å². The van der Waals surface area contributed by atoms with Gasteiger partial charge in [-0.25, -0.2) is 0 Å². The molecule has 0 saturated heterocycles. The van der Waals surface area contributed by atoms with Crippen molar-refractivity contribution in [3.8, 4) is 68.3 Å². The molecule has 0 amide bonds. The van der Waals surface area contributed by atoms with Gasteiger partial charge in [0.05, 0.1) is 0 Å². The summed E-state index contributed by atoms with van der Waals surface area (Å²) in [4.78, 5) is 20.5. The molecule has 8 aromatic heterocycles. The largest absolute Gasteiger partial charge is 0.143 e. The Hall–Kier alpha value is -2.40. The lowest BCUT2D eigenvalue weighted by atomic mass is 10.0. The van der Waals surface area contributed by atoms with Crippen molar-refractivity contribution in [2.75, 3.05) is 0 Å². The molecule has 8 heteroatoms. The number of thiophene rings is 8. The molecule has 88 heavy (non-hydrogen) atoms. The van der Waals surface area contributed by atoms with E-state index in [-0.39, 0.29) is 0 Å². The fraction of sp³-hybridized carbons (Fsp3) is 0.600. The minimum atomic E-state index is 1.17. The second-order valence-corrected chi connectivity index (χ2v) is 34.1. The van der Waals surface area contributed by atoms with Gasteiger partial charge < -0.3 is 0 Å². The maximum absolute atomic E-state index is 2.67. The first-order chi connectivity index (χ1) is 43.6. The maximum atomic E-state index is 2.67. The molecular weight excluding hydrogens is 1220 g/mol. The zero-order valence-electron chi connectivity index (χ0n) is 55.5. The van der Waals surface area contributed by atoms with Crippen LogP contribution in [0.3, 0.4) is 0 Å². The van der Waals surface area contributed by atoms with Gasteiger partial charge in [0, 0.05) is 68.3 Å². The van der Waals surface area contributed by atoms with E-state index in [1.165, 1.54) is 351 Å². The second kappa shape index (κ2) is 42.8. The summed E-state index contributed by atoms with van der Waals surface area (Å²) in [7, 11) is 0. The van der Waals surface area contributed by atoms with E-state index in [1.807, 2.05) is 68.0 Å². The predicted octanol–water partition coefficient (Wildman–Crippen LogP) is 31.7. The second-order valence-electron chi connectivity index (χ2n) is 25.9. The minimum absolute atomic E-state index is 1.17. The molecule has 0 spiro atoms. The molecule has 0 aliphatic heterocycles. The molecule has 0 radical (unpaired) electrons. The lowest BCUT2D eigenvalue weighted by Crippen LogP contribution is -1.87. The Labute approximate surface area is 569 Å². The fourth-order valence-corrected chi connectivity index (χ4v) is 22.2. The summed E-state index contributed by atoms with van der Waals surface area (Å²) in [5, 5.41) is 4.67. The molecule has 8 rings (SSSR count). The van der Waals surface area contributed by atoms with Gasteiger partial charge in [-0.3, -0.25) is 0 Å². The van der Waals surface area contributed by atoms with Crippen molar-refractivity contribution in [1.29, 1.82) is 0 Å². The first-order valence-electron chi connectivity index (χ1n) is 36.4. The highest BCUT2D eigenvalue weighted by Gasteiger charge is 2.22. The number of aryl methyl sites for hydroxylation is 4. The molecule has 0 fully saturated rings. The SMILES string of the molecule is CCCCCCCCCCCCc1ccsc1-c1ccc(-c2ccc(-c3cc(CCCCCCCCCCCC)c(-c4cc(CCCCCCCCCCCC)c(-c5ccc(-c6ccc(-c7sccc7CCCCCCCCCCCC)s6)s5)s4)s3)s2)s1. The fourth-order valence-electron chi connectivity index (χ4n) is 13.0. The quantitative estimate of drug-likeness (QED) is 0.0333. The smallest absolute Gasteiger partial charge is 0.0481 e. The molecule has 0 nitrogen and oxygen atoms in total. The molecule has 8 aromatic rings. The topological polar surface area (TPSA) is 0 Å². The van der Waals surface area contributed by atoms with Crippen LogP contribution in [-0.4, -0.2) is 0 Å². The Kier molecular flexibility index (Phi) is 34.7. The third-order valence-electron chi connectivity index (χ3n) is 18.4. The Morgan fingerprint density at radius 3 is 0.750 bits per heavy atom. The van der Waals surface area contributed by atoms with Gasteiger partial charge in [-0.1, -0.05) is 259 Å². The molecule has 482 valence electrons. The van der Waals surface area contributed by atoms with Crippen molar-refractivity contribution in [1.82, 2.24) is 0 Å².